The summed E-state index contributed by atoms with van der Waals surface area (Å²) in [6.45, 7) is 0.556. The van der Waals surface area contributed by atoms with E-state index in [9.17, 15) is 4.79 Å². The van der Waals surface area contributed by atoms with Crippen LogP contribution in [0.15, 0.2) is 49.1 Å². The molecule has 0 saturated carbocycles. The summed E-state index contributed by atoms with van der Waals surface area (Å²) in [5.74, 6) is 0.128. The Morgan fingerprint density at radius 1 is 1.19 bits per heavy atom. The van der Waals surface area contributed by atoms with Crippen LogP contribution in [0.4, 0.5) is 0 Å². The van der Waals surface area contributed by atoms with Gasteiger partial charge in [0.25, 0.3) is 5.91 Å². The number of nitrogens with zero attached hydrogens (tertiary/aromatic N) is 6. The molecule has 1 aromatic carbocycles. The normalized spacial score (nSPS) is 16.5. The number of rotatable bonds is 2. The molecule has 8 heteroatoms. The first-order chi connectivity index (χ1) is 13.2. The fraction of sp³-hybridized carbons (Fsp3) is 0.211. The molecule has 5 rings (SSSR count). The maximum absolute atomic E-state index is 13.2. The highest BCUT2D eigenvalue weighted by atomic mass is 16.2. The van der Waals surface area contributed by atoms with Gasteiger partial charge < -0.3 is 9.88 Å². The van der Waals surface area contributed by atoms with Gasteiger partial charge in [-0.2, -0.15) is 5.10 Å². The van der Waals surface area contributed by atoms with Gasteiger partial charge in [0.15, 0.2) is 0 Å². The van der Waals surface area contributed by atoms with Gasteiger partial charge in [-0.05, 0) is 12.1 Å². The highest BCUT2D eigenvalue weighted by Crippen LogP contribution is 2.34. The average molecular weight is 359 g/mol. The molecule has 3 aromatic heterocycles. The highest BCUT2D eigenvalue weighted by molar-refractivity contribution is 5.91. The van der Waals surface area contributed by atoms with Crippen molar-refractivity contribution in [1.29, 1.82) is 0 Å². The number of benzene rings is 1. The van der Waals surface area contributed by atoms with Crippen LogP contribution >= 0.6 is 0 Å². The maximum Gasteiger partial charge on any atom is 0.292 e. The summed E-state index contributed by atoms with van der Waals surface area (Å²) in [7, 11) is 1.72. The maximum atomic E-state index is 13.2. The van der Waals surface area contributed by atoms with E-state index in [0.29, 0.717) is 18.8 Å². The smallest absolute Gasteiger partial charge is 0.292 e. The van der Waals surface area contributed by atoms with Crippen molar-refractivity contribution in [2.75, 3.05) is 6.54 Å². The number of amides is 1. The number of aromatic amines is 1. The van der Waals surface area contributed by atoms with Crippen LogP contribution in [0.3, 0.4) is 0 Å². The molecule has 0 spiro atoms. The van der Waals surface area contributed by atoms with E-state index in [4.69, 9.17) is 4.98 Å². The Balaban J connectivity index is 1.64. The Morgan fingerprint density at radius 3 is 2.93 bits per heavy atom. The first kappa shape index (κ1) is 15.7. The minimum atomic E-state index is -0.367. The van der Waals surface area contributed by atoms with Gasteiger partial charge in [-0.25, -0.2) is 14.6 Å². The zero-order chi connectivity index (χ0) is 18.4. The molecule has 1 amide bonds. The molecule has 4 heterocycles. The number of hydrogen-bond donors (Lipinski definition) is 1. The number of imidazole rings is 1. The summed E-state index contributed by atoms with van der Waals surface area (Å²) in [5.41, 5.74) is 3.55. The van der Waals surface area contributed by atoms with Crippen molar-refractivity contribution in [2.45, 2.75) is 12.5 Å². The summed E-state index contributed by atoms with van der Waals surface area (Å²) in [5, 5.41) is 5.09. The van der Waals surface area contributed by atoms with Gasteiger partial charge in [-0.3, -0.25) is 9.78 Å². The van der Waals surface area contributed by atoms with Crippen LogP contribution in [0.1, 0.15) is 33.7 Å². The zero-order valence-electron chi connectivity index (χ0n) is 14.7. The number of carbonyl (C=O) groups is 1. The first-order valence-corrected chi connectivity index (χ1v) is 8.75. The molecule has 0 aliphatic carbocycles. The molecule has 134 valence electrons. The van der Waals surface area contributed by atoms with Crippen molar-refractivity contribution in [1.82, 2.24) is 34.6 Å². The zero-order valence-corrected chi connectivity index (χ0v) is 14.7. The van der Waals surface area contributed by atoms with Gasteiger partial charge in [0, 0.05) is 31.1 Å². The standard InChI is InChI=1S/C19H17N7O/c1-25-18(22-11-23-25)19(27)26-9-8-14-16(21-10-20-14)17(26)15-7-6-12-4-2-3-5-13(12)24-15/h2-7,10-11,17H,8-9H2,1H3,(H,20,21)/t17-/m1/s1. The van der Waals surface area contributed by atoms with Gasteiger partial charge in [0.1, 0.15) is 12.4 Å². The third kappa shape index (κ3) is 2.49. The number of hydrogen-bond acceptors (Lipinski definition) is 5. The van der Waals surface area contributed by atoms with Gasteiger partial charge in [-0.15, -0.1) is 0 Å². The summed E-state index contributed by atoms with van der Waals surface area (Å²) >= 11 is 0. The number of H-pyrrole nitrogens is 1. The second-order valence-corrected chi connectivity index (χ2v) is 6.55. The number of nitrogens with one attached hydrogen (secondary N) is 1. The number of aryl methyl sites for hydroxylation is 1. The van der Waals surface area contributed by atoms with Crippen molar-refractivity contribution in [3.63, 3.8) is 0 Å². The van der Waals surface area contributed by atoms with Gasteiger partial charge in [0.2, 0.25) is 5.82 Å². The highest BCUT2D eigenvalue weighted by Gasteiger charge is 2.36. The van der Waals surface area contributed by atoms with Crippen molar-refractivity contribution in [3.05, 3.63) is 72.0 Å². The fourth-order valence-electron chi connectivity index (χ4n) is 3.65. The van der Waals surface area contributed by atoms with Crippen LogP contribution in [0.25, 0.3) is 10.9 Å². The average Bonchev–Trinajstić information content (AvgIpc) is 3.35. The lowest BCUT2D eigenvalue weighted by Gasteiger charge is -2.34. The van der Waals surface area contributed by atoms with Gasteiger partial charge >= 0.3 is 0 Å². The van der Waals surface area contributed by atoms with Crippen molar-refractivity contribution in [2.24, 2.45) is 7.05 Å². The number of aromatic nitrogens is 6. The molecule has 0 saturated heterocycles. The van der Waals surface area contributed by atoms with Crippen LogP contribution in [-0.4, -0.2) is 47.1 Å². The van der Waals surface area contributed by atoms with E-state index in [-0.39, 0.29) is 11.9 Å². The van der Waals surface area contributed by atoms with Crippen LogP contribution in [-0.2, 0) is 13.5 Å². The van der Waals surface area contributed by atoms with E-state index in [1.807, 2.05) is 36.4 Å². The minimum absolute atomic E-state index is 0.177. The number of fused-ring (bicyclic) bond motifs is 2. The summed E-state index contributed by atoms with van der Waals surface area (Å²) in [4.78, 5) is 31.6. The molecule has 0 radical (unpaired) electrons. The number of pyridine rings is 1. The Hall–Kier alpha value is -3.55. The molecule has 0 fully saturated rings. The molecular weight excluding hydrogens is 342 g/mol. The van der Waals surface area contributed by atoms with E-state index in [0.717, 1.165) is 28.0 Å². The summed E-state index contributed by atoms with van der Waals surface area (Å²) < 4.78 is 1.49. The topological polar surface area (TPSA) is 92.6 Å². The van der Waals surface area contributed by atoms with Crippen molar-refractivity contribution < 1.29 is 4.79 Å². The van der Waals surface area contributed by atoms with E-state index >= 15 is 0 Å². The molecule has 1 aliphatic heterocycles. The Morgan fingerprint density at radius 2 is 2.07 bits per heavy atom. The lowest BCUT2D eigenvalue weighted by molar-refractivity contribution is 0.0669. The van der Waals surface area contributed by atoms with Crippen LogP contribution < -0.4 is 0 Å². The van der Waals surface area contributed by atoms with E-state index in [1.54, 1.807) is 18.3 Å². The molecular formula is C19H17N7O. The fourth-order valence-corrected chi connectivity index (χ4v) is 3.65. The Labute approximate surface area is 154 Å². The molecule has 8 nitrogen and oxygen atoms in total. The molecule has 27 heavy (non-hydrogen) atoms. The molecule has 0 bridgehead atoms. The predicted molar refractivity (Wildman–Crippen MR) is 97.9 cm³/mol. The van der Waals surface area contributed by atoms with Crippen LogP contribution in [0.2, 0.25) is 0 Å². The second kappa shape index (κ2) is 6.01. The first-order valence-electron chi connectivity index (χ1n) is 8.75. The lowest BCUT2D eigenvalue weighted by Crippen LogP contribution is -2.42. The third-order valence-corrected chi connectivity index (χ3v) is 4.99. The van der Waals surface area contributed by atoms with Crippen molar-refractivity contribution in [3.8, 4) is 0 Å². The Kier molecular flexibility index (Phi) is 3.49. The van der Waals surface area contributed by atoms with Crippen molar-refractivity contribution >= 4 is 16.8 Å². The second-order valence-electron chi connectivity index (χ2n) is 6.55. The largest absolute Gasteiger partial charge is 0.348 e. The minimum Gasteiger partial charge on any atom is -0.348 e. The molecule has 1 aliphatic rings. The van der Waals surface area contributed by atoms with Crippen LogP contribution in [0, 0.1) is 0 Å². The quantitative estimate of drug-likeness (QED) is 0.590. The SMILES string of the molecule is Cn1ncnc1C(=O)N1CCc2[nH]cnc2[C@H]1c1ccc2ccccc2n1. The monoisotopic (exact) mass is 359 g/mol. The van der Waals surface area contributed by atoms with Gasteiger partial charge in [0.05, 0.1) is 23.2 Å². The molecule has 4 aromatic rings. The predicted octanol–water partition coefficient (Wildman–Crippen LogP) is 1.87. The third-order valence-electron chi connectivity index (χ3n) is 4.99. The summed E-state index contributed by atoms with van der Waals surface area (Å²) in [6.07, 6.45) is 3.78. The van der Waals surface area contributed by atoms with Gasteiger partial charge in [-0.1, -0.05) is 24.3 Å². The number of carbonyl (C=O) groups excluding carboxylic acids is 1. The summed E-state index contributed by atoms with van der Waals surface area (Å²) in [6, 6.07) is 11.6. The molecule has 1 atom stereocenters. The van der Waals surface area contributed by atoms with E-state index in [2.05, 4.69) is 20.1 Å². The van der Waals surface area contributed by atoms with E-state index < -0.39 is 0 Å². The van der Waals surface area contributed by atoms with E-state index in [1.165, 1.54) is 11.0 Å². The van der Waals surface area contributed by atoms with Crippen LogP contribution in [0.5, 0.6) is 0 Å². The molecule has 0 unspecified atom stereocenters. The lowest BCUT2D eigenvalue weighted by atomic mass is 9.98. The Bertz CT molecular complexity index is 1150. The number of para-hydroxylation sites is 1. The molecule has 1 N–H and O–H groups in total.